The molecular formula is C22H22N6O2. The topological polar surface area (TPSA) is 87.3 Å². The van der Waals surface area contributed by atoms with Crippen LogP contribution in [0.5, 0.6) is 0 Å². The summed E-state index contributed by atoms with van der Waals surface area (Å²) in [6.07, 6.45) is 2.35. The summed E-state index contributed by atoms with van der Waals surface area (Å²) in [4.78, 5) is 25.9. The Hall–Kier alpha value is -3.44. The summed E-state index contributed by atoms with van der Waals surface area (Å²) in [6.45, 7) is 4.38. The molecule has 2 aliphatic rings. The van der Waals surface area contributed by atoms with Gasteiger partial charge in [0.1, 0.15) is 11.9 Å². The lowest BCUT2D eigenvalue weighted by Gasteiger charge is -2.37. The Bertz CT molecular complexity index is 1220. The quantitative estimate of drug-likeness (QED) is 0.643. The molecular weight excluding hydrogens is 380 g/mol. The van der Waals surface area contributed by atoms with E-state index < -0.39 is 0 Å². The van der Waals surface area contributed by atoms with Crippen LogP contribution >= 0.6 is 0 Å². The van der Waals surface area contributed by atoms with Crippen LogP contribution < -0.4 is 15.4 Å². The lowest BCUT2D eigenvalue weighted by molar-refractivity contribution is 0.109. The first-order valence-electron chi connectivity index (χ1n) is 10.1. The van der Waals surface area contributed by atoms with Gasteiger partial charge in [-0.15, -0.1) is 0 Å². The van der Waals surface area contributed by atoms with Crippen molar-refractivity contribution in [3.8, 4) is 6.07 Å². The molecule has 0 radical (unpaired) electrons. The Morgan fingerprint density at radius 2 is 1.93 bits per heavy atom. The van der Waals surface area contributed by atoms with Crippen molar-refractivity contribution in [1.82, 2.24) is 14.5 Å². The van der Waals surface area contributed by atoms with Crippen molar-refractivity contribution in [2.45, 2.75) is 13.0 Å². The van der Waals surface area contributed by atoms with E-state index in [4.69, 9.17) is 9.72 Å². The van der Waals surface area contributed by atoms with Crippen LogP contribution in [0.15, 0.2) is 35.4 Å². The predicted molar refractivity (Wildman–Crippen MR) is 114 cm³/mol. The summed E-state index contributed by atoms with van der Waals surface area (Å²) >= 11 is 0. The minimum Gasteiger partial charge on any atom is -0.376 e. The summed E-state index contributed by atoms with van der Waals surface area (Å²) < 4.78 is 6.98. The molecule has 0 unspecified atom stereocenters. The molecule has 8 heteroatoms. The van der Waals surface area contributed by atoms with E-state index in [1.807, 2.05) is 24.3 Å². The van der Waals surface area contributed by atoms with Crippen LogP contribution in [-0.4, -0.2) is 47.3 Å². The lowest BCUT2D eigenvalue weighted by Crippen LogP contribution is -2.47. The van der Waals surface area contributed by atoms with Gasteiger partial charge in [-0.2, -0.15) is 5.26 Å². The van der Waals surface area contributed by atoms with Crippen molar-refractivity contribution >= 4 is 22.4 Å². The smallest absolute Gasteiger partial charge is 0.260 e. The fourth-order valence-electron chi connectivity index (χ4n) is 4.17. The minimum absolute atomic E-state index is 0.0377. The highest BCUT2D eigenvalue weighted by Gasteiger charge is 2.23. The molecule has 1 aromatic carbocycles. The highest BCUT2D eigenvalue weighted by molar-refractivity contribution is 5.81. The van der Waals surface area contributed by atoms with Gasteiger partial charge in [-0.25, -0.2) is 9.97 Å². The molecule has 0 bridgehead atoms. The zero-order valence-corrected chi connectivity index (χ0v) is 16.8. The van der Waals surface area contributed by atoms with Gasteiger partial charge < -0.3 is 19.1 Å². The summed E-state index contributed by atoms with van der Waals surface area (Å²) in [5, 5.41) is 10.2. The van der Waals surface area contributed by atoms with Crippen molar-refractivity contribution in [3.63, 3.8) is 0 Å². The van der Waals surface area contributed by atoms with Crippen molar-refractivity contribution in [1.29, 1.82) is 5.26 Å². The minimum atomic E-state index is -0.0377. The SMILES string of the molecule is Cn1cnc2cc(N3CCN(c4nc5c(cc4C#N)COCC5)CC3)ccc2c1=O. The van der Waals surface area contributed by atoms with Crippen molar-refractivity contribution in [3.05, 3.63) is 57.8 Å². The molecule has 0 spiro atoms. The summed E-state index contributed by atoms with van der Waals surface area (Å²) in [5.74, 6) is 0.779. The Morgan fingerprint density at radius 1 is 1.13 bits per heavy atom. The molecule has 3 aromatic rings. The van der Waals surface area contributed by atoms with Crippen LogP contribution in [-0.2, 0) is 24.8 Å². The van der Waals surface area contributed by atoms with Gasteiger partial charge in [-0.1, -0.05) is 0 Å². The number of ether oxygens (including phenoxy) is 1. The van der Waals surface area contributed by atoms with Crippen LogP contribution in [0.2, 0.25) is 0 Å². The van der Waals surface area contributed by atoms with Crippen LogP contribution in [0.25, 0.3) is 10.9 Å². The number of fused-ring (bicyclic) bond motifs is 2. The number of piperazine rings is 1. The monoisotopic (exact) mass is 402 g/mol. The Balaban J connectivity index is 1.37. The molecule has 0 aliphatic carbocycles. The molecule has 0 amide bonds. The molecule has 152 valence electrons. The maximum atomic E-state index is 12.2. The molecule has 1 saturated heterocycles. The van der Waals surface area contributed by atoms with E-state index >= 15 is 0 Å². The Kier molecular flexibility index (Phi) is 4.60. The number of benzene rings is 1. The van der Waals surface area contributed by atoms with Gasteiger partial charge in [0, 0.05) is 50.9 Å². The van der Waals surface area contributed by atoms with E-state index in [-0.39, 0.29) is 5.56 Å². The number of pyridine rings is 1. The van der Waals surface area contributed by atoms with Crippen LogP contribution in [0, 0.1) is 11.3 Å². The average molecular weight is 402 g/mol. The van der Waals surface area contributed by atoms with Gasteiger partial charge in [-0.3, -0.25) is 4.79 Å². The highest BCUT2D eigenvalue weighted by Crippen LogP contribution is 2.27. The van der Waals surface area contributed by atoms with Gasteiger partial charge in [0.05, 0.1) is 41.7 Å². The molecule has 8 nitrogen and oxygen atoms in total. The fraction of sp³-hybridized carbons (Fsp3) is 0.364. The predicted octanol–water partition coefficient (Wildman–Crippen LogP) is 1.60. The largest absolute Gasteiger partial charge is 0.376 e. The number of rotatable bonds is 2. The number of nitrogens with zero attached hydrogens (tertiary/aromatic N) is 6. The third kappa shape index (κ3) is 3.17. The Labute approximate surface area is 173 Å². The van der Waals surface area contributed by atoms with Crippen LogP contribution in [0.3, 0.4) is 0 Å². The van der Waals surface area contributed by atoms with E-state index in [0.29, 0.717) is 29.7 Å². The van der Waals surface area contributed by atoms with E-state index in [1.54, 1.807) is 13.4 Å². The number of aryl methyl sites for hydroxylation is 1. The fourth-order valence-corrected chi connectivity index (χ4v) is 4.17. The van der Waals surface area contributed by atoms with Crippen LogP contribution in [0.1, 0.15) is 16.8 Å². The zero-order valence-electron chi connectivity index (χ0n) is 16.8. The highest BCUT2D eigenvalue weighted by atomic mass is 16.5. The summed E-state index contributed by atoms with van der Waals surface area (Å²) in [7, 11) is 1.71. The third-order valence-corrected chi connectivity index (χ3v) is 5.88. The first kappa shape index (κ1) is 18.6. The molecule has 1 fully saturated rings. The maximum absolute atomic E-state index is 12.2. The molecule has 2 aliphatic heterocycles. The number of anilines is 2. The maximum Gasteiger partial charge on any atom is 0.260 e. The summed E-state index contributed by atoms with van der Waals surface area (Å²) in [6, 6.07) is 10.0. The van der Waals surface area contributed by atoms with Gasteiger partial charge in [-0.05, 0) is 24.3 Å². The van der Waals surface area contributed by atoms with Gasteiger partial charge in [0.25, 0.3) is 5.56 Å². The number of hydrogen-bond donors (Lipinski definition) is 0. The first-order valence-corrected chi connectivity index (χ1v) is 10.1. The van der Waals surface area contributed by atoms with Crippen molar-refractivity contribution < 1.29 is 4.74 Å². The normalized spacial score (nSPS) is 16.4. The van der Waals surface area contributed by atoms with E-state index in [1.165, 1.54) is 4.57 Å². The van der Waals surface area contributed by atoms with E-state index in [2.05, 4.69) is 20.9 Å². The van der Waals surface area contributed by atoms with Crippen molar-refractivity contribution in [2.24, 2.45) is 7.05 Å². The van der Waals surface area contributed by atoms with Gasteiger partial charge in [0.15, 0.2) is 0 Å². The lowest BCUT2D eigenvalue weighted by atomic mass is 10.1. The molecule has 0 atom stereocenters. The number of nitriles is 1. The third-order valence-electron chi connectivity index (χ3n) is 5.88. The molecule has 30 heavy (non-hydrogen) atoms. The second kappa shape index (κ2) is 7.43. The second-order valence-electron chi connectivity index (χ2n) is 7.72. The standard InChI is InChI=1S/C22H22N6O2/c1-26-14-24-20-11-17(2-3-18(20)22(26)29)27-5-7-28(8-6-27)21-15(12-23)10-16-13-30-9-4-19(16)25-21/h2-3,10-11,14H,4-9,13H2,1H3. The molecule has 0 N–H and O–H groups in total. The zero-order chi connectivity index (χ0) is 20.7. The number of aromatic nitrogens is 3. The molecule has 5 rings (SSSR count). The van der Waals surface area contributed by atoms with E-state index in [9.17, 15) is 10.1 Å². The molecule has 0 saturated carbocycles. The second-order valence-corrected chi connectivity index (χ2v) is 7.72. The van der Waals surface area contributed by atoms with Crippen LogP contribution in [0.4, 0.5) is 11.5 Å². The Morgan fingerprint density at radius 3 is 2.73 bits per heavy atom. The van der Waals surface area contributed by atoms with Crippen molar-refractivity contribution in [2.75, 3.05) is 42.6 Å². The first-order chi connectivity index (χ1) is 14.6. The number of hydrogen-bond acceptors (Lipinski definition) is 7. The summed E-state index contributed by atoms with van der Waals surface area (Å²) in [5.41, 5.74) is 4.40. The van der Waals surface area contributed by atoms with Gasteiger partial charge in [0.2, 0.25) is 0 Å². The van der Waals surface area contributed by atoms with E-state index in [0.717, 1.165) is 55.4 Å². The molecule has 2 aromatic heterocycles. The molecule has 4 heterocycles. The average Bonchev–Trinajstić information content (AvgIpc) is 2.80. The van der Waals surface area contributed by atoms with Gasteiger partial charge >= 0.3 is 0 Å².